The van der Waals surface area contributed by atoms with Gasteiger partial charge in [-0.1, -0.05) is 47.5 Å². The normalized spacial score (nSPS) is 20.6. The summed E-state index contributed by atoms with van der Waals surface area (Å²) in [5.41, 5.74) is 3.87. The number of rotatable bonds is 2. The summed E-state index contributed by atoms with van der Waals surface area (Å²) >= 11 is 12.5. The molecule has 2 aromatic carbocycles. The summed E-state index contributed by atoms with van der Waals surface area (Å²) in [6.45, 7) is 0. The van der Waals surface area contributed by atoms with Crippen molar-refractivity contribution in [3.8, 4) is 0 Å². The van der Waals surface area contributed by atoms with Crippen molar-refractivity contribution in [1.82, 2.24) is 9.88 Å². The predicted molar refractivity (Wildman–Crippen MR) is 99.5 cm³/mol. The third-order valence-electron chi connectivity index (χ3n) is 4.96. The number of likely N-dealkylation sites (N-methyl/N-ethyl adjacent to an activating group) is 1. The number of carboxylic acid groups (broad SMARTS) is 1. The van der Waals surface area contributed by atoms with Crippen LogP contribution in [0, 0.1) is 0 Å². The van der Waals surface area contributed by atoms with Crippen LogP contribution in [0.15, 0.2) is 42.5 Å². The maximum atomic E-state index is 11.8. The zero-order valence-electron chi connectivity index (χ0n) is 13.5. The predicted octanol–water partition coefficient (Wildman–Crippen LogP) is 4.51. The zero-order valence-corrected chi connectivity index (χ0v) is 15.0. The molecule has 0 aliphatic carbocycles. The zero-order chi connectivity index (χ0) is 17.7. The third-order valence-corrected chi connectivity index (χ3v) is 5.52. The van der Waals surface area contributed by atoms with Gasteiger partial charge in [0.15, 0.2) is 0 Å². The van der Waals surface area contributed by atoms with E-state index in [4.69, 9.17) is 23.2 Å². The van der Waals surface area contributed by atoms with Gasteiger partial charge >= 0.3 is 5.97 Å². The molecule has 2 heterocycles. The summed E-state index contributed by atoms with van der Waals surface area (Å²) in [7, 11) is 1.82. The smallest absolute Gasteiger partial charge is 0.321 e. The van der Waals surface area contributed by atoms with Crippen LogP contribution in [-0.4, -0.2) is 34.0 Å². The minimum atomic E-state index is -0.839. The minimum absolute atomic E-state index is 0.276. The average molecular weight is 375 g/mol. The first-order chi connectivity index (χ1) is 12.0. The van der Waals surface area contributed by atoms with E-state index in [9.17, 15) is 9.90 Å². The van der Waals surface area contributed by atoms with Crippen molar-refractivity contribution in [1.29, 1.82) is 0 Å². The summed E-state index contributed by atoms with van der Waals surface area (Å²) in [5.74, 6) is -0.839. The Morgan fingerprint density at radius 1 is 1.24 bits per heavy atom. The average Bonchev–Trinajstić information content (AvgIpc) is 2.93. The van der Waals surface area contributed by atoms with Crippen LogP contribution in [0.1, 0.15) is 22.9 Å². The molecule has 0 saturated heterocycles. The highest BCUT2D eigenvalue weighted by molar-refractivity contribution is 6.35. The van der Waals surface area contributed by atoms with Crippen molar-refractivity contribution in [2.45, 2.75) is 18.5 Å². The van der Waals surface area contributed by atoms with Crippen molar-refractivity contribution in [3.05, 3.63) is 69.3 Å². The van der Waals surface area contributed by atoms with Crippen molar-refractivity contribution < 1.29 is 9.90 Å². The lowest BCUT2D eigenvalue weighted by Crippen LogP contribution is -2.46. The Balaban J connectivity index is 1.97. The SMILES string of the molecule is CN1[C@H](c2ccc(Cl)cc2Cl)c2[nH]c3ccccc3c2C[C@H]1C(=O)O. The van der Waals surface area contributed by atoms with E-state index in [1.807, 2.05) is 42.3 Å². The van der Waals surface area contributed by atoms with Crippen molar-refractivity contribution in [2.24, 2.45) is 0 Å². The van der Waals surface area contributed by atoms with E-state index in [-0.39, 0.29) is 6.04 Å². The Kier molecular flexibility index (Phi) is 3.99. The van der Waals surface area contributed by atoms with Crippen LogP contribution < -0.4 is 0 Å². The molecule has 0 amide bonds. The monoisotopic (exact) mass is 374 g/mol. The van der Waals surface area contributed by atoms with E-state index in [1.54, 1.807) is 12.1 Å². The second-order valence-corrected chi connectivity index (χ2v) is 7.20. The number of para-hydroxylation sites is 1. The van der Waals surface area contributed by atoms with E-state index >= 15 is 0 Å². The first kappa shape index (κ1) is 16.5. The van der Waals surface area contributed by atoms with E-state index in [1.165, 1.54) is 0 Å². The van der Waals surface area contributed by atoms with Gasteiger partial charge in [0.1, 0.15) is 6.04 Å². The van der Waals surface area contributed by atoms with Crippen molar-refractivity contribution in [2.75, 3.05) is 7.05 Å². The Labute approximate surface area is 155 Å². The van der Waals surface area contributed by atoms with Gasteiger partial charge in [-0.05, 0) is 36.4 Å². The molecule has 4 rings (SSSR count). The molecule has 0 saturated carbocycles. The molecule has 1 aliphatic heterocycles. The van der Waals surface area contributed by atoms with Crippen LogP contribution in [0.3, 0.4) is 0 Å². The Bertz CT molecular complexity index is 983. The number of fused-ring (bicyclic) bond motifs is 3. The number of halogens is 2. The number of hydrogen-bond acceptors (Lipinski definition) is 2. The molecule has 0 radical (unpaired) electrons. The summed E-state index contributed by atoms with van der Waals surface area (Å²) in [6.07, 6.45) is 0.451. The Morgan fingerprint density at radius 2 is 2.00 bits per heavy atom. The van der Waals surface area contributed by atoms with Crippen LogP contribution in [0.2, 0.25) is 10.0 Å². The second-order valence-electron chi connectivity index (χ2n) is 6.35. The molecule has 0 fully saturated rings. The number of H-pyrrole nitrogens is 1. The Hall–Kier alpha value is -2.01. The topological polar surface area (TPSA) is 56.3 Å². The number of aromatic amines is 1. The van der Waals surface area contributed by atoms with Gasteiger partial charge < -0.3 is 10.1 Å². The van der Waals surface area contributed by atoms with Gasteiger partial charge in [0.05, 0.1) is 6.04 Å². The molecule has 6 heteroatoms. The highest BCUT2D eigenvalue weighted by Gasteiger charge is 2.39. The highest BCUT2D eigenvalue weighted by atomic mass is 35.5. The number of aromatic nitrogens is 1. The fraction of sp³-hybridized carbons (Fsp3) is 0.211. The fourth-order valence-electron chi connectivity index (χ4n) is 3.75. The van der Waals surface area contributed by atoms with E-state index in [0.29, 0.717) is 16.5 Å². The van der Waals surface area contributed by atoms with Gasteiger partial charge in [-0.2, -0.15) is 0 Å². The first-order valence-electron chi connectivity index (χ1n) is 7.96. The summed E-state index contributed by atoms with van der Waals surface area (Å²) in [5, 5.41) is 11.9. The number of nitrogens with one attached hydrogen (secondary N) is 1. The number of hydrogen-bond donors (Lipinski definition) is 2. The van der Waals surface area contributed by atoms with Crippen LogP contribution in [0.4, 0.5) is 0 Å². The molecule has 0 unspecified atom stereocenters. The van der Waals surface area contributed by atoms with Crippen molar-refractivity contribution >= 4 is 40.1 Å². The molecular weight excluding hydrogens is 359 g/mol. The molecule has 3 aromatic rings. The van der Waals surface area contributed by atoms with E-state index in [2.05, 4.69) is 4.98 Å². The van der Waals surface area contributed by atoms with Gasteiger partial charge in [-0.25, -0.2) is 0 Å². The molecule has 2 atom stereocenters. The molecule has 4 nitrogen and oxygen atoms in total. The van der Waals surface area contributed by atoms with Gasteiger partial charge in [0.25, 0.3) is 0 Å². The molecule has 25 heavy (non-hydrogen) atoms. The standard InChI is InChI=1S/C19H16Cl2N2O2/c1-23-16(19(24)25)9-13-11-4-2-3-5-15(11)22-17(13)18(23)12-7-6-10(20)8-14(12)21/h2-8,16,18,22H,9H2,1H3,(H,24,25)/t16-,18+/m0/s1. The molecule has 2 N–H and O–H groups in total. The van der Waals surface area contributed by atoms with Crippen LogP contribution in [-0.2, 0) is 11.2 Å². The largest absolute Gasteiger partial charge is 0.480 e. The summed E-state index contributed by atoms with van der Waals surface area (Å²) < 4.78 is 0. The van der Waals surface area contributed by atoms with Gasteiger partial charge in [0, 0.05) is 33.1 Å². The molecular formula is C19H16Cl2N2O2. The molecule has 128 valence electrons. The highest BCUT2D eigenvalue weighted by Crippen LogP contribution is 2.42. The second kappa shape index (κ2) is 6.06. The van der Waals surface area contributed by atoms with Crippen LogP contribution in [0.25, 0.3) is 10.9 Å². The van der Waals surface area contributed by atoms with Crippen molar-refractivity contribution in [3.63, 3.8) is 0 Å². The maximum Gasteiger partial charge on any atom is 0.321 e. The lowest BCUT2D eigenvalue weighted by atomic mass is 9.88. The maximum absolute atomic E-state index is 11.8. The number of carbonyl (C=O) groups is 1. The number of carboxylic acids is 1. The van der Waals surface area contributed by atoms with Gasteiger partial charge in [-0.15, -0.1) is 0 Å². The molecule has 1 aromatic heterocycles. The van der Waals surface area contributed by atoms with E-state index in [0.717, 1.165) is 27.7 Å². The van der Waals surface area contributed by atoms with Crippen LogP contribution in [0.5, 0.6) is 0 Å². The number of benzene rings is 2. The number of nitrogens with zero attached hydrogens (tertiary/aromatic N) is 1. The third kappa shape index (κ3) is 2.61. The fourth-order valence-corrected chi connectivity index (χ4v) is 4.27. The minimum Gasteiger partial charge on any atom is -0.480 e. The molecule has 0 spiro atoms. The lowest BCUT2D eigenvalue weighted by Gasteiger charge is -2.38. The summed E-state index contributed by atoms with van der Waals surface area (Å²) in [6, 6.07) is 12.4. The number of aliphatic carboxylic acids is 1. The molecule has 0 bridgehead atoms. The van der Waals surface area contributed by atoms with Crippen LogP contribution >= 0.6 is 23.2 Å². The summed E-state index contributed by atoms with van der Waals surface area (Å²) in [4.78, 5) is 17.2. The van der Waals surface area contributed by atoms with Gasteiger partial charge in [-0.3, -0.25) is 9.69 Å². The van der Waals surface area contributed by atoms with Gasteiger partial charge in [0.2, 0.25) is 0 Å². The quantitative estimate of drug-likeness (QED) is 0.693. The first-order valence-corrected chi connectivity index (χ1v) is 8.72. The van der Waals surface area contributed by atoms with E-state index < -0.39 is 12.0 Å². The Morgan fingerprint density at radius 3 is 2.72 bits per heavy atom. The molecule has 1 aliphatic rings. The lowest BCUT2D eigenvalue weighted by molar-refractivity contribution is -0.143.